The van der Waals surface area contributed by atoms with Gasteiger partial charge in [-0.05, 0) is 24.3 Å². The van der Waals surface area contributed by atoms with Crippen molar-refractivity contribution < 1.29 is 9.90 Å². The van der Waals surface area contributed by atoms with E-state index in [1.165, 1.54) is 22.5 Å². The lowest BCUT2D eigenvalue weighted by atomic mass is 10.1. The molecule has 3 aromatic rings. The predicted molar refractivity (Wildman–Crippen MR) is 101 cm³/mol. The van der Waals surface area contributed by atoms with Crippen molar-refractivity contribution in [3.05, 3.63) is 64.6 Å². The van der Waals surface area contributed by atoms with Crippen LogP contribution < -0.4 is 10.9 Å². The summed E-state index contributed by atoms with van der Waals surface area (Å²) in [4.78, 5) is 34.1. The molecule has 4 rings (SSSR count). The third-order valence-corrected chi connectivity index (χ3v) is 4.85. The van der Waals surface area contributed by atoms with Crippen molar-refractivity contribution in [2.24, 2.45) is 4.99 Å². The summed E-state index contributed by atoms with van der Waals surface area (Å²) in [5.41, 5.74) is -0.126. The van der Waals surface area contributed by atoms with Crippen molar-refractivity contribution in [3.8, 4) is 11.4 Å². The highest BCUT2D eigenvalue weighted by Crippen LogP contribution is 2.26. The van der Waals surface area contributed by atoms with Gasteiger partial charge >= 0.3 is 0 Å². The van der Waals surface area contributed by atoms with E-state index in [0.717, 1.165) is 5.75 Å². The number of aliphatic imine (C=N–C) groups is 1. The first-order chi connectivity index (χ1) is 12.7. The largest absolute Gasteiger partial charge is 0.506 e. The van der Waals surface area contributed by atoms with Crippen molar-refractivity contribution in [3.63, 3.8) is 0 Å². The number of carbonyl (C=O) groups excluding carboxylic acids is 1. The number of para-hydroxylation sites is 1. The monoisotopic (exact) mass is 366 g/mol. The fraction of sp³-hybridized carbons (Fsp3) is 0.111. The van der Waals surface area contributed by atoms with Gasteiger partial charge in [0.15, 0.2) is 10.8 Å². The molecule has 0 bridgehead atoms. The second-order valence-corrected chi connectivity index (χ2v) is 6.65. The number of aromatic nitrogens is 2. The predicted octanol–water partition coefficient (Wildman–Crippen LogP) is 1.92. The Morgan fingerprint density at radius 1 is 1.19 bits per heavy atom. The number of nitrogens with zero attached hydrogens (tertiary/aromatic N) is 3. The van der Waals surface area contributed by atoms with Crippen LogP contribution in [0.15, 0.2) is 58.4 Å². The quantitative estimate of drug-likeness (QED) is 0.722. The molecule has 3 heterocycles. The van der Waals surface area contributed by atoms with E-state index in [4.69, 9.17) is 0 Å². The molecule has 8 heteroatoms. The van der Waals surface area contributed by atoms with E-state index in [2.05, 4.69) is 15.3 Å². The van der Waals surface area contributed by atoms with Crippen LogP contribution in [0.5, 0.6) is 5.75 Å². The summed E-state index contributed by atoms with van der Waals surface area (Å²) >= 11 is 1.40. The molecule has 0 fully saturated rings. The summed E-state index contributed by atoms with van der Waals surface area (Å²) < 4.78 is 1.33. The Balaban J connectivity index is 1.96. The van der Waals surface area contributed by atoms with E-state index in [-0.39, 0.29) is 17.0 Å². The van der Waals surface area contributed by atoms with Gasteiger partial charge in [0.25, 0.3) is 11.5 Å². The molecule has 0 saturated heterocycles. The number of aromatic hydroxyl groups is 1. The molecule has 26 heavy (non-hydrogen) atoms. The number of benzene rings is 1. The molecular formula is C18H14N4O3S. The van der Waals surface area contributed by atoms with E-state index >= 15 is 0 Å². The summed E-state index contributed by atoms with van der Waals surface area (Å²) in [6.45, 7) is 0.613. The lowest BCUT2D eigenvalue weighted by Gasteiger charge is -2.14. The Bertz CT molecular complexity index is 1090. The Kier molecular flexibility index (Phi) is 4.18. The van der Waals surface area contributed by atoms with Crippen LogP contribution in [0.25, 0.3) is 16.7 Å². The molecule has 7 nitrogen and oxygen atoms in total. The highest BCUT2D eigenvalue weighted by atomic mass is 32.2. The Morgan fingerprint density at radius 2 is 2.00 bits per heavy atom. The summed E-state index contributed by atoms with van der Waals surface area (Å²) in [7, 11) is 0. The van der Waals surface area contributed by atoms with Gasteiger partial charge in [0.2, 0.25) is 0 Å². The Morgan fingerprint density at radius 3 is 2.73 bits per heavy atom. The van der Waals surface area contributed by atoms with Gasteiger partial charge in [-0.3, -0.25) is 19.1 Å². The molecule has 0 atom stereocenters. The number of nitrogens with one attached hydrogen (secondary N) is 1. The SMILES string of the molecule is O=C(NC1=NCCS1)c1c(O)c2cccnc2n(-c2ccccc2)c1=O. The molecule has 0 spiro atoms. The van der Waals surface area contributed by atoms with Crippen molar-refractivity contribution in [1.82, 2.24) is 14.9 Å². The third kappa shape index (κ3) is 2.74. The van der Waals surface area contributed by atoms with Crippen molar-refractivity contribution in [1.29, 1.82) is 0 Å². The molecule has 130 valence electrons. The van der Waals surface area contributed by atoms with Gasteiger partial charge in [-0.15, -0.1) is 0 Å². The lowest BCUT2D eigenvalue weighted by Crippen LogP contribution is -2.35. The smallest absolute Gasteiger partial charge is 0.273 e. The van der Waals surface area contributed by atoms with Gasteiger partial charge in [-0.2, -0.15) is 0 Å². The molecule has 0 aliphatic carbocycles. The van der Waals surface area contributed by atoms with Crippen LogP contribution in [0.3, 0.4) is 0 Å². The molecule has 1 aliphatic heterocycles. The number of amides is 1. The second kappa shape index (κ2) is 6.64. The zero-order valence-corrected chi connectivity index (χ0v) is 14.4. The van der Waals surface area contributed by atoms with Crippen LogP contribution in [0, 0.1) is 0 Å². The number of amidine groups is 1. The van der Waals surface area contributed by atoms with Gasteiger partial charge in [-0.1, -0.05) is 30.0 Å². The minimum atomic E-state index is -0.684. The van der Waals surface area contributed by atoms with Crippen LogP contribution in [0.4, 0.5) is 0 Å². The summed E-state index contributed by atoms with van der Waals surface area (Å²) in [6, 6.07) is 12.1. The first kappa shape index (κ1) is 16.3. The van der Waals surface area contributed by atoms with Crippen LogP contribution >= 0.6 is 11.8 Å². The minimum Gasteiger partial charge on any atom is -0.506 e. The van der Waals surface area contributed by atoms with E-state index in [9.17, 15) is 14.7 Å². The summed E-state index contributed by atoms with van der Waals surface area (Å²) in [5.74, 6) is -0.292. The second-order valence-electron chi connectivity index (χ2n) is 5.56. The van der Waals surface area contributed by atoms with Crippen molar-refractivity contribution >= 4 is 33.9 Å². The van der Waals surface area contributed by atoms with Crippen LogP contribution in [0.2, 0.25) is 0 Å². The number of carbonyl (C=O) groups is 1. The number of pyridine rings is 2. The van der Waals surface area contributed by atoms with E-state index in [1.54, 1.807) is 36.4 Å². The zero-order valence-electron chi connectivity index (χ0n) is 13.5. The average molecular weight is 366 g/mol. The van der Waals surface area contributed by atoms with Crippen LogP contribution in [0.1, 0.15) is 10.4 Å². The lowest BCUT2D eigenvalue weighted by molar-refractivity contribution is 0.0974. The Labute approximate surface area is 152 Å². The topological polar surface area (TPSA) is 96.6 Å². The number of thioether (sulfide) groups is 1. The maximum atomic E-state index is 13.1. The van der Waals surface area contributed by atoms with Gasteiger partial charge in [0.1, 0.15) is 11.3 Å². The molecule has 0 unspecified atom stereocenters. The number of hydrogen-bond acceptors (Lipinski definition) is 6. The van der Waals surface area contributed by atoms with E-state index in [1.807, 2.05) is 6.07 Å². The first-order valence-electron chi connectivity index (χ1n) is 7.93. The van der Waals surface area contributed by atoms with Gasteiger partial charge < -0.3 is 10.4 Å². The highest BCUT2D eigenvalue weighted by molar-refractivity contribution is 8.14. The average Bonchev–Trinajstić information content (AvgIpc) is 3.16. The standard InChI is InChI=1S/C18H14N4O3S/c23-14-12-7-4-8-19-15(12)22(11-5-2-1-3-6-11)17(25)13(14)16(24)21-18-20-9-10-26-18/h1-8,23H,9-10H2,(H,20,21,24). The maximum Gasteiger partial charge on any atom is 0.273 e. The fourth-order valence-electron chi connectivity index (χ4n) is 2.80. The van der Waals surface area contributed by atoms with Crippen LogP contribution in [-0.4, -0.2) is 38.0 Å². The first-order valence-corrected chi connectivity index (χ1v) is 8.92. The summed E-state index contributed by atoms with van der Waals surface area (Å²) in [5, 5.41) is 14.0. The normalized spacial score (nSPS) is 13.6. The van der Waals surface area contributed by atoms with Gasteiger partial charge in [0, 0.05) is 11.9 Å². The number of fused-ring (bicyclic) bond motifs is 1. The van der Waals surface area contributed by atoms with Crippen molar-refractivity contribution in [2.75, 3.05) is 12.3 Å². The molecule has 1 aromatic carbocycles. The van der Waals surface area contributed by atoms with Crippen molar-refractivity contribution in [2.45, 2.75) is 0 Å². The Hall–Kier alpha value is -3.13. The molecule has 2 aromatic heterocycles. The molecule has 0 saturated carbocycles. The number of hydrogen-bond donors (Lipinski definition) is 2. The van der Waals surface area contributed by atoms with Crippen LogP contribution in [-0.2, 0) is 0 Å². The molecule has 2 N–H and O–H groups in total. The fourth-order valence-corrected chi connectivity index (χ4v) is 3.52. The molecule has 1 amide bonds. The van der Waals surface area contributed by atoms with Gasteiger partial charge in [-0.25, -0.2) is 4.98 Å². The third-order valence-electron chi connectivity index (χ3n) is 3.95. The highest BCUT2D eigenvalue weighted by Gasteiger charge is 2.24. The zero-order chi connectivity index (χ0) is 18.1. The van der Waals surface area contributed by atoms with E-state index in [0.29, 0.717) is 22.8 Å². The molecular weight excluding hydrogens is 352 g/mol. The summed E-state index contributed by atoms with van der Waals surface area (Å²) in [6.07, 6.45) is 1.53. The number of rotatable bonds is 2. The van der Waals surface area contributed by atoms with Gasteiger partial charge in [0.05, 0.1) is 17.6 Å². The molecule has 0 radical (unpaired) electrons. The minimum absolute atomic E-state index is 0.283. The van der Waals surface area contributed by atoms with E-state index < -0.39 is 11.5 Å². The molecule has 1 aliphatic rings. The maximum absolute atomic E-state index is 13.1.